The standard InChI is InChI=1S/C30H50O3/c1-25(2)16-20-19-8-9-22-27(4)12-11-23(32)28(5,18-31)21(27)10-13-30(22,7)29(19,6)15-14-26(20,3)24(33)17-25/h8,20-24,31-33H,9-18H2,1-7H3/t20-,21+,22+,23?,24?,26+,27-,28+,29+,30+/m0/s1. The molecule has 0 aromatic heterocycles. The quantitative estimate of drug-likeness (QED) is 0.415. The van der Waals surface area contributed by atoms with Crippen molar-refractivity contribution in [3.05, 3.63) is 11.6 Å². The molecule has 0 amide bonds. The van der Waals surface area contributed by atoms with E-state index in [9.17, 15) is 15.3 Å². The van der Waals surface area contributed by atoms with Gasteiger partial charge >= 0.3 is 0 Å². The Morgan fingerprint density at radius 1 is 0.788 bits per heavy atom. The number of rotatable bonds is 1. The van der Waals surface area contributed by atoms with Crippen LogP contribution in [-0.2, 0) is 0 Å². The van der Waals surface area contributed by atoms with Crippen LogP contribution in [0.15, 0.2) is 11.6 Å². The van der Waals surface area contributed by atoms with Gasteiger partial charge in [0.25, 0.3) is 0 Å². The minimum Gasteiger partial charge on any atom is -0.396 e. The van der Waals surface area contributed by atoms with Crippen LogP contribution in [0.3, 0.4) is 0 Å². The molecule has 0 aromatic carbocycles. The van der Waals surface area contributed by atoms with Crippen LogP contribution in [0.4, 0.5) is 0 Å². The first kappa shape index (κ1) is 24.3. The van der Waals surface area contributed by atoms with Crippen molar-refractivity contribution in [2.45, 2.75) is 118 Å². The molecule has 5 aliphatic rings. The molecule has 2 unspecified atom stereocenters. The Labute approximate surface area is 202 Å². The summed E-state index contributed by atoms with van der Waals surface area (Å²) in [6.45, 7) is 17.0. The van der Waals surface area contributed by atoms with Gasteiger partial charge in [-0.25, -0.2) is 0 Å². The molecule has 3 heteroatoms. The molecule has 0 aromatic rings. The first-order chi connectivity index (χ1) is 15.2. The topological polar surface area (TPSA) is 60.7 Å². The van der Waals surface area contributed by atoms with E-state index in [0.717, 1.165) is 38.5 Å². The second kappa shape index (κ2) is 7.10. The van der Waals surface area contributed by atoms with Crippen LogP contribution in [0.1, 0.15) is 106 Å². The van der Waals surface area contributed by atoms with Gasteiger partial charge in [-0.05, 0) is 97.2 Å². The Bertz CT molecular complexity index is 847. The first-order valence-corrected chi connectivity index (χ1v) is 13.9. The average Bonchev–Trinajstić information content (AvgIpc) is 2.73. The summed E-state index contributed by atoms with van der Waals surface area (Å²) < 4.78 is 0. The molecule has 0 radical (unpaired) electrons. The summed E-state index contributed by atoms with van der Waals surface area (Å²) in [6, 6.07) is 0. The number of fused-ring (bicyclic) bond motifs is 7. The van der Waals surface area contributed by atoms with Crippen LogP contribution in [-0.4, -0.2) is 34.1 Å². The van der Waals surface area contributed by atoms with Crippen molar-refractivity contribution in [1.82, 2.24) is 0 Å². The lowest BCUT2D eigenvalue weighted by Gasteiger charge is -2.71. The van der Waals surface area contributed by atoms with E-state index in [2.05, 4.69) is 54.5 Å². The lowest BCUT2D eigenvalue weighted by atomic mass is 9.33. The van der Waals surface area contributed by atoms with Gasteiger partial charge in [-0.1, -0.05) is 60.1 Å². The maximum absolute atomic E-state index is 11.3. The number of aliphatic hydroxyl groups excluding tert-OH is 3. The highest BCUT2D eigenvalue weighted by atomic mass is 16.3. The van der Waals surface area contributed by atoms with E-state index in [0.29, 0.717) is 17.8 Å². The van der Waals surface area contributed by atoms with Gasteiger partial charge in [-0.2, -0.15) is 0 Å². The third-order valence-electron chi connectivity index (χ3n) is 13.2. The molecule has 0 aliphatic heterocycles. The molecular formula is C30H50O3. The maximum atomic E-state index is 11.3. The van der Waals surface area contributed by atoms with Crippen molar-refractivity contribution in [2.24, 2.45) is 50.2 Å². The molecule has 0 saturated heterocycles. The normalized spacial score (nSPS) is 57.8. The Morgan fingerprint density at radius 3 is 2.15 bits per heavy atom. The minimum atomic E-state index is -0.392. The summed E-state index contributed by atoms with van der Waals surface area (Å²) >= 11 is 0. The van der Waals surface area contributed by atoms with Crippen molar-refractivity contribution < 1.29 is 15.3 Å². The third-order valence-corrected chi connectivity index (χ3v) is 13.2. The molecular weight excluding hydrogens is 408 g/mol. The van der Waals surface area contributed by atoms with Crippen molar-refractivity contribution >= 4 is 0 Å². The highest BCUT2D eigenvalue weighted by Crippen LogP contribution is 2.75. The predicted octanol–water partition coefficient (Wildman–Crippen LogP) is 6.11. The molecule has 3 N–H and O–H groups in total. The van der Waals surface area contributed by atoms with Gasteiger partial charge in [0.1, 0.15) is 0 Å². The zero-order valence-corrected chi connectivity index (χ0v) is 22.4. The lowest BCUT2D eigenvalue weighted by molar-refractivity contribution is -0.218. The fourth-order valence-corrected chi connectivity index (χ4v) is 10.7. The van der Waals surface area contributed by atoms with Crippen LogP contribution in [0.5, 0.6) is 0 Å². The summed E-state index contributed by atoms with van der Waals surface area (Å²) in [5.74, 6) is 1.44. The van der Waals surface area contributed by atoms with E-state index in [1.165, 1.54) is 19.3 Å². The van der Waals surface area contributed by atoms with Gasteiger partial charge in [0, 0.05) is 10.8 Å². The molecule has 3 nitrogen and oxygen atoms in total. The van der Waals surface area contributed by atoms with Crippen LogP contribution in [0.25, 0.3) is 0 Å². The Morgan fingerprint density at radius 2 is 1.48 bits per heavy atom. The van der Waals surface area contributed by atoms with Crippen molar-refractivity contribution in [3.8, 4) is 0 Å². The van der Waals surface area contributed by atoms with Crippen LogP contribution < -0.4 is 0 Å². The number of allylic oxidation sites excluding steroid dienone is 2. The number of aliphatic hydroxyl groups is 3. The second-order valence-corrected chi connectivity index (χ2v) is 15.2. The fraction of sp³-hybridized carbons (Fsp3) is 0.933. The highest BCUT2D eigenvalue weighted by Gasteiger charge is 2.69. The molecule has 4 saturated carbocycles. The van der Waals surface area contributed by atoms with Crippen LogP contribution >= 0.6 is 0 Å². The summed E-state index contributed by atoms with van der Waals surface area (Å²) in [7, 11) is 0. The van der Waals surface area contributed by atoms with E-state index in [1.807, 2.05) is 0 Å². The summed E-state index contributed by atoms with van der Waals surface area (Å²) in [5.41, 5.74) is 2.04. The lowest BCUT2D eigenvalue weighted by Crippen LogP contribution is -2.66. The zero-order valence-electron chi connectivity index (χ0n) is 22.4. The first-order valence-electron chi connectivity index (χ1n) is 13.9. The molecule has 0 bridgehead atoms. The van der Waals surface area contributed by atoms with Gasteiger partial charge in [0.05, 0.1) is 18.8 Å². The van der Waals surface area contributed by atoms with Gasteiger partial charge < -0.3 is 15.3 Å². The van der Waals surface area contributed by atoms with Crippen molar-refractivity contribution in [2.75, 3.05) is 6.61 Å². The van der Waals surface area contributed by atoms with E-state index in [-0.39, 0.29) is 45.2 Å². The summed E-state index contributed by atoms with van der Waals surface area (Å²) in [5, 5.41) is 32.6. The summed E-state index contributed by atoms with van der Waals surface area (Å²) in [6.07, 6.45) is 11.7. The van der Waals surface area contributed by atoms with E-state index in [1.54, 1.807) is 5.57 Å². The van der Waals surface area contributed by atoms with Crippen LogP contribution in [0, 0.1) is 50.2 Å². The molecule has 5 rings (SSSR count). The Kier molecular flexibility index (Phi) is 5.23. The third kappa shape index (κ3) is 2.91. The zero-order chi connectivity index (χ0) is 24.2. The number of hydrogen-bond acceptors (Lipinski definition) is 3. The molecule has 0 heterocycles. The Balaban J connectivity index is 1.58. The molecule has 10 atom stereocenters. The van der Waals surface area contributed by atoms with E-state index < -0.39 is 6.10 Å². The highest BCUT2D eigenvalue weighted by molar-refractivity contribution is 5.34. The SMILES string of the molecule is CC1(C)CC(O)[C@]2(C)CC[C@]3(C)C(=CC[C@@H]4[C@@]5(C)CCC(O)[C@](C)(CO)[C@@H]5CC[C@]43C)[C@@H]2C1. The van der Waals surface area contributed by atoms with Crippen molar-refractivity contribution in [1.29, 1.82) is 0 Å². The van der Waals surface area contributed by atoms with Crippen LogP contribution in [0.2, 0.25) is 0 Å². The largest absolute Gasteiger partial charge is 0.396 e. The smallest absolute Gasteiger partial charge is 0.0618 e. The van der Waals surface area contributed by atoms with Gasteiger partial charge in [-0.3, -0.25) is 0 Å². The van der Waals surface area contributed by atoms with Gasteiger partial charge in [0.15, 0.2) is 0 Å². The predicted molar refractivity (Wildman–Crippen MR) is 134 cm³/mol. The van der Waals surface area contributed by atoms with E-state index >= 15 is 0 Å². The average molecular weight is 459 g/mol. The van der Waals surface area contributed by atoms with Gasteiger partial charge in [-0.15, -0.1) is 0 Å². The molecule has 5 aliphatic carbocycles. The van der Waals surface area contributed by atoms with Crippen molar-refractivity contribution in [3.63, 3.8) is 0 Å². The van der Waals surface area contributed by atoms with Gasteiger partial charge in [0.2, 0.25) is 0 Å². The molecule has 4 fully saturated rings. The summed E-state index contributed by atoms with van der Waals surface area (Å²) in [4.78, 5) is 0. The molecule has 188 valence electrons. The number of hydrogen-bond donors (Lipinski definition) is 3. The fourth-order valence-electron chi connectivity index (χ4n) is 10.7. The maximum Gasteiger partial charge on any atom is 0.0618 e. The Hall–Kier alpha value is -0.380. The molecule has 0 spiro atoms. The second-order valence-electron chi connectivity index (χ2n) is 15.2. The monoisotopic (exact) mass is 458 g/mol. The van der Waals surface area contributed by atoms with E-state index in [4.69, 9.17) is 0 Å². The minimum absolute atomic E-state index is 0.00950. The molecule has 33 heavy (non-hydrogen) atoms.